The number of hydrogen-bond donors (Lipinski definition) is 1. The van der Waals surface area contributed by atoms with Crippen molar-refractivity contribution < 1.29 is 5.11 Å². The van der Waals surface area contributed by atoms with Gasteiger partial charge in [-0.15, -0.1) is 6.58 Å². The van der Waals surface area contributed by atoms with Crippen LogP contribution in [0.1, 0.15) is 19.8 Å². The predicted octanol–water partition coefficient (Wildman–Crippen LogP) is 1.58. The van der Waals surface area contributed by atoms with Crippen molar-refractivity contribution in [3.8, 4) is 0 Å². The zero-order chi connectivity index (χ0) is 6.41. The average Bonchev–Trinajstić information content (AvgIpc) is 1.83. The monoisotopic (exact) mass is 114 g/mol. The van der Waals surface area contributed by atoms with Crippen LogP contribution in [0, 0.1) is 5.92 Å². The highest BCUT2D eigenvalue weighted by Crippen LogP contribution is 2.03. The van der Waals surface area contributed by atoms with Crippen molar-refractivity contribution in [2.75, 3.05) is 6.61 Å². The molecule has 1 unspecified atom stereocenters. The van der Waals surface area contributed by atoms with E-state index in [4.69, 9.17) is 5.11 Å². The fourth-order valence-corrected chi connectivity index (χ4v) is 0.531. The maximum Gasteiger partial charge on any atom is 0.0431 e. The molecule has 0 aliphatic heterocycles. The van der Waals surface area contributed by atoms with E-state index in [0.29, 0.717) is 12.5 Å². The summed E-state index contributed by atoms with van der Waals surface area (Å²) in [6, 6.07) is 0. The van der Waals surface area contributed by atoms with Crippen LogP contribution in [0.4, 0.5) is 0 Å². The lowest BCUT2D eigenvalue weighted by Crippen LogP contribution is -1.90. The summed E-state index contributed by atoms with van der Waals surface area (Å²) < 4.78 is 0. The van der Waals surface area contributed by atoms with Crippen LogP contribution >= 0.6 is 0 Å². The standard InChI is InChI=1S/C7H14O/c1-3-7(2)5-4-6-8/h3,7-8H,1,4-6H2,2H3. The molecule has 1 N–H and O–H groups in total. The zero-order valence-corrected chi connectivity index (χ0v) is 5.43. The maximum absolute atomic E-state index is 8.38. The first kappa shape index (κ1) is 7.70. The van der Waals surface area contributed by atoms with Gasteiger partial charge in [-0.05, 0) is 18.8 Å². The van der Waals surface area contributed by atoms with Crippen LogP contribution in [0.25, 0.3) is 0 Å². The van der Waals surface area contributed by atoms with Crippen molar-refractivity contribution >= 4 is 0 Å². The molecule has 0 spiro atoms. The topological polar surface area (TPSA) is 20.2 Å². The summed E-state index contributed by atoms with van der Waals surface area (Å²) in [7, 11) is 0. The molecule has 1 nitrogen and oxygen atoms in total. The molecule has 0 amide bonds. The zero-order valence-electron chi connectivity index (χ0n) is 5.43. The van der Waals surface area contributed by atoms with E-state index in [1.165, 1.54) is 0 Å². The van der Waals surface area contributed by atoms with Gasteiger partial charge in [-0.3, -0.25) is 0 Å². The highest BCUT2D eigenvalue weighted by atomic mass is 16.2. The predicted molar refractivity (Wildman–Crippen MR) is 35.7 cm³/mol. The number of hydrogen-bond acceptors (Lipinski definition) is 1. The molecule has 0 aromatic rings. The minimum absolute atomic E-state index is 0.304. The summed E-state index contributed by atoms with van der Waals surface area (Å²) in [6.45, 7) is 6.04. The lowest BCUT2D eigenvalue weighted by molar-refractivity contribution is 0.279. The Bertz CT molecular complexity index is 59.4. The largest absolute Gasteiger partial charge is 0.396 e. The molecule has 0 rings (SSSR count). The molecule has 0 aromatic carbocycles. The Kier molecular flexibility index (Phi) is 4.67. The van der Waals surface area contributed by atoms with E-state index < -0.39 is 0 Å². The van der Waals surface area contributed by atoms with Crippen molar-refractivity contribution in [3.63, 3.8) is 0 Å². The second kappa shape index (κ2) is 4.85. The van der Waals surface area contributed by atoms with Crippen LogP contribution in [0.5, 0.6) is 0 Å². The van der Waals surface area contributed by atoms with Gasteiger partial charge in [-0.25, -0.2) is 0 Å². The number of allylic oxidation sites excluding steroid dienone is 1. The van der Waals surface area contributed by atoms with Crippen molar-refractivity contribution in [2.45, 2.75) is 19.8 Å². The van der Waals surface area contributed by atoms with E-state index >= 15 is 0 Å². The van der Waals surface area contributed by atoms with Gasteiger partial charge in [0.15, 0.2) is 0 Å². The Morgan fingerprint density at radius 3 is 2.75 bits per heavy atom. The van der Waals surface area contributed by atoms with Gasteiger partial charge in [0.25, 0.3) is 0 Å². The first-order valence-electron chi connectivity index (χ1n) is 3.04. The van der Waals surface area contributed by atoms with E-state index in [1.54, 1.807) is 0 Å². The molecular weight excluding hydrogens is 100 g/mol. The first-order chi connectivity index (χ1) is 3.81. The second-order valence-electron chi connectivity index (χ2n) is 2.08. The van der Waals surface area contributed by atoms with Gasteiger partial charge in [-0.1, -0.05) is 13.0 Å². The van der Waals surface area contributed by atoms with Gasteiger partial charge in [0.1, 0.15) is 0 Å². The Morgan fingerprint density at radius 1 is 1.75 bits per heavy atom. The SMILES string of the molecule is C=CC(C)CCCO. The van der Waals surface area contributed by atoms with Crippen LogP contribution in [0.2, 0.25) is 0 Å². The molecule has 0 bridgehead atoms. The van der Waals surface area contributed by atoms with Gasteiger partial charge in [0, 0.05) is 6.61 Å². The van der Waals surface area contributed by atoms with Crippen LogP contribution in [0.15, 0.2) is 12.7 Å². The lowest BCUT2D eigenvalue weighted by Gasteiger charge is -2.00. The van der Waals surface area contributed by atoms with Gasteiger partial charge in [-0.2, -0.15) is 0 Å². The maximum atomic E-state index is 8.38. The summed E-state index contributed by atoms with van der Waals surface area (Å²) in [5.41, 5.74) is 0. The highest BCUT2D eigenvalue weighted by Gasteiger charge is 1.92. The average molecular weight is 114 g/mol. The molecule has 48 valence electrons. The molecule has 0 aliphatic rings. The van der Waals surface area contributed by atoms with E-state index in [1.807, 2.05) is 6.08 Å². The van der Waals surface area contributed by atoms with Gasteiger partial charge >= 0.3 is 0 Å². The van der Waals surface area contributed by atoms with Crippen molar-refractivity contribution in [1.29, 1.82) is 0 Å². The van der Waals surface area contributed by atoms with Gasteiger partial charge < -0.3 is 5.11 Å². The van der Waals surface area contributed by atoms with Crippen LogP contribution in [0.3, 0.4) is 0 Å². The Balaban J connectivity index is 2.98. The third-order valence-corrected chi connectivity index (χ3v) is 1.22. The number of aliphatic hydroxyl groups is 1. The molecule has 0 saturated carbocycles. The highest BCUT2D eigenvalue weighted by molar-refractivity contribution is 4.74. The molecule has 0 radical (unpaired) electrons. The summed E-state index contributed by atoms with van der Waals surface area (Å²) in [5.74, 6) is 0.558. The molecule has 1 atom stereocenters. The lowest BCUT2D eigenvalue weighted by atomic mass is 10.1. The molecule has 8 heavy (non-hydrogen) atoms. The minimum Gasteiger partial charge on any atom is -0.396 e. The second-order valence-corrected chi connectivity index (χ2v) is 2.08. The number of rotatable bonds is 4. The Morgan fingerprint density at radius 2 is 2.38 bits per heavy atom. The van der Waals surface area contributed by atoms with E-state index in [9.17, 15) is 0 Å². The Hall–Kier alpha value is -0.300. The number of aliphatic hydroxyl groups excluding tert-OH is 1. The third-order valence-electron chi connectivity index (χ3n) is 1.22. The molecule has 1 heteroatoms. The fourth-order valence-electron chi connectivity index (χ4n) is 0.531. The molecule has 0 aliphatic carbocycles. The van der Waals surface area contributed by atoms with Crippen LogP contribution < -0.4 is 0 Å². The first-order valence-corrected chi connectivity index (χ1v) is 3.04. The third kappa shape index (κ3) is 3.88. The molecule has 0 saturated heterocycles. The van der Waals surface area contributed by atoms with Crippen molar-refractivity contribution in [1.82, 2.24) is 0 Å². The molecule has 0 aromatic heterocycles. The van der Waals surface area contributed by atoms with Crippen molar-refractivity contribution in [3.05, 3.63) is 12.7 Å². The Labute approximate surface area is 51.0 Å². The van der Waals surface area contributed by atoms with E-state index in [-0.39, 0.29) is 0 Å². The normalized spacial score (nSPS) is 13.2. The summed E-state index contributed by atoms with van der Waals surface area (Å²) in [4.78, 5) is 0. The quantitative estimate of drug-likeness (QED) is 0.550. The molecule has 0 heterocycles. The van der Waals surface area contributed by atoms with Crippen LogP contribution in [-0.4, -0.2) is 11.7 Å². The summed E-state index contributed by atoms with van der Waals surface area (Å²) in [5, 5.41) is 8.38. The van der Waals surface area contributed by atoms with Crippen LogP contribution in [-0.2, 0) is 0 Å². The fraction of sp³-hybridized carbons (Fsp3) is 0.714. The summed E-state index contributed by atoms with van der Waals surface area (Å²) in [6.07, 6.45) is 3.86. The van der Waals surface area contributed by atoms with E-state index in [2.05, 4.69) is 13.5 Å². The summed E-state index contributed by atoms with van der Waals surface area (Å²) >= 11 is 0. The smallest absolute Gasteiger partial charge is 0.0431 e. The van der Waals surface area contributed by atoms with Gasteiger partial charge in [0.05, 0.1) is 0 Å². The van der Waals surface area contributed by atoms with Gasteiger partial charge in [0.2, 0.25) is 0 Å². The molecular formula is C7H14O. The minimum atomic E-state index is 0.304. The van der Waals surface area contributed by atoms with Crippen molar-refractivity contribution in [2.24, 2.45) is 5.92 Å². The van der Waals surface area contributed by atoms with E-state index in [0.717, 1.165) is 12.8 Å². The molecule has 0 fully saturated rings.